The quantitative estimate of drug-likeness (QED) is 0.640. The highest BCUT2D eigenvalue weighted by molar-refractivity contribution is 9.10. The Labute approximate surface area is 61.7 Å². The lowest BCUT2D eigenvalue weighted by Crippen LogP contribution is -2.70. The van der Waals surface area contributed by atoms with Crippen LogP contribution in [0.4, 0.5) is 5.95 Å². The number of aromatic nitrogens is 2. The maximum absolute atomic E-state index is 3.92. The normalized spacial score (nSPS) is 9.56. The molecule has 0 saturated carbocycles. The van der Waals surface area contributed by atoms with Crippen molar-refractivity contribution in [2.75, 3.05) is 0 Å². The third kappa shape index (κ3) is 1.73. The average Bonchev–Trinajstić information content (AvgIpc) is 1.90. The Balaban J connectivity index is 2.88. The Hall–Kier alpha value is -0.480. The predicted octanol–water partition coefficient (Wildman–Crippen LogP) is 0.226. The van der Waals surface area contributed by atoms with E-state index in [1.165, 1.54) is 0 Å². The number of nitrogens with two attached hydrogens (primary N) is 1. The second-order valence-electron chi connectivity index (χ2n) is 1.46. The maximum atomic E-state index is 3.92. The van der Waals surface area contributed by atoms with Crippen LogP contribution in [-0.4, -0.2) is 9.97 Å². The molecule has 1 heterocycles. The Morgan fingerprint density at radius 1 is 1.44 bits per heavy atom. The Morgan fingerprint density at radius 2 is 2.00 bits per heavy atom. The van der Waals surface area contributed by atoms with Gasteiger partial charge in [0.05, 0.1) is 16.9 Å². The van der Waals surface area contributed by atoms with Gasteiger partial charge in [0.25, 0.3) is 5.95 Å². The van der Waals surface area contributed by atoms with E-state index in [-0.39, 0.29) is 0 Å². The van der Waals surface area contributed by atoms with E-state index >= 15 is 0 Å². The van der Waals surface area contributed by atoms with Gasteiger partial charge in [-0.25, -0.2) is 0 Å². The fraction of sp³-hybridized carbons (Fsp3) is 0. The molecule has 0 saturated heterocycles. The molecule has 1 aromatic rings. The summed E-state index contributed by atoms with van der Waals surface area (Å²) in [7, 11) is 3.52. The van der Waals surface area contributed by atoms with Gasteiger partial charge in [0.15, 0.2) is 0 Å². The lowest BCUT2D eigenvalue weighted by molar-refractivity contribution is -0.513. The van der Waals surface area contributed by atoms with Crippen molar-refractivity contribution in [2.24, 2.45) is 0 Å². The minimum Gasteiger partial charge on any atom is -0.412 e. The van der Waals surface area contributed by atoms with Crippen LogP contribution in [0.1, 0.15) is 0 Å². The molecule has 0 aromatic carbocycles. The summed E-state index contributed by atoms with van der Waals surface area (Å²) in [5.74, 6) is 0.651. The van der Waals surface area contributed by atoms with Crippen molar-refractivity contribution in [3.05, 3.63) is 23.9 Å². The number of quaternary nitrogens is 1. The molecule has 0 aliphatic heterocycles. The third-order valence-electron chi connectivity index (χ3n) is 0.823. The lowest BCUT2D eigenvalue weighted by Gasteiger charge is -1.93. The summed E-state index contributed by atoms with van der Waals surface area (Å²) in [5.41, 5.74) is 0. The van der Waals surface area contributed by atoms with Gasteiger partial charge in [-0.15, -0.1) is 7.05 Å². The molecule has 4 heteroatoms. The maximum Gasteiger partial charge on any atom is 0.298 e. The molecule has 0 radical (unpaired) electrons. The van der Waals surface area contributed by atoms with Gasteiger partial charge in [0.1, 0.15) is 0 Å². The third-order valence-corrected chi connectivity index (χ3v) is 1.23. The molecule has 2 N–H and O–H groups in total. The van der Waals surface area contributed by atoms with Gasteiger partial charge in [-0.2, -0.15) is 9.97 Å². The van der Waals surface area contributed by atoms with E-state index in [1.807, 2.05) is 0 Å². The van der Waals surface area contributed by atoms with Crippen LogP contribution < -0.4 is 5.32 Å². The Morgan fingerprint density at radius 3 is 2.44 bits per heavy atom. The standard InChI is InChI=1S/C5H6BrN3/c1-7-5-8-2-4(6)3-9-5/h2-3H,1,7H2. The summed E-state index contributed by atoms with van der Waals surface area (Å²) < 4.78 is 0.883. The van der Waals surface area contributed by atoms with E-state index in [2.05, 4.69) is 32.9 Å². The van der Waals surface area contributed by atoms with Crippen LogP contribution in [0.25, 0.3) is 0 Å². The Kier molecular flexibility index (Phi) is 2.13. The number of halogens is 1. The monoisotopic (exact) mass is 187 g/mol. The van der Waals surface area contributed by atoms with E-state index in [0.29, 0.717) is 5.95 Å². The van der Waals surface area contributed by atoms with Gasteiger partial charge in [0.2, 0.25) is 0 Å². The van der Waals surface area contributed by atoms with Crippen molar-refractivity contribution in [1.82, 2.24) is 9.97 Å². The van der Waals surface area contributed by atoms with E-state index in [1.54, 1.807) is 17.7 Å². The van der Waals surface area contributed by atoms with Crippen LogP contribution in [0, 0.1) is 7.05 Å². The van der Waals surface area contributed by atoms with Crippen LogP contribution in [0.5, 0.6) is 0 Å². The second-order valence-corrected chi connectivity index (χ2v) is 2.38. The first-order chi connectivity index (χ1) is 4.33. The second kappa shape index (κ2) is 2.89. The fourth-order valence-corrected chi connectivity index (χ4v) is 0.632. The first-order valence-corrected chi connectivity index (χ1v) is 3.22. The molecule has 0 bridgehead atoms. The zero-order valence-corrected chi connectivity index (χ0v) is 6.30. The van der Waals surface area contributed by atoms with Gasteiger partial charge in [-0.1, -0.05) is 0 Å². The van der Waals surface area contributed by atoms with Gasteiger partial charge in [0, 0.05) is 0 Å². The largest absolute Gasteiger partial charge is 0.412 e. The SMILES string of the molecule is [CH2-][NH2+]c1ncc(Br)cn1. The van der Waals surface area contributed by atoms with E-state index in [4.69, 9.17) is 0 Å². The smallest absolute Gasteiger partial charge is 0.298 e. The minimum atomic E-state index is 0.651. The first kappa shape index (κ1) is 6.64. The highest BCUT2D eigenvalue weighted by Crippen LogP contribution is 2.03. The molecule has 0 atom stereocenters. The summed E-state index contributed by atoms with van der Waals surface area (Å²) in [6.45, 7) is 0. The van der Waals surface area contributed by atoms with Crippen molar-refractivity contribution in [2.45, 2.75) is 0 Å². The van der Waals surface area contributed by atoms with E-state index < -0.39 is 0 Å². The van der Waals surface area contributed by atoms with Crippen LogP contribution in [0.3, 0.4) is 0 Å². The van der Waals surface area contributed by atoms with Gasteiger partial charge in [-0.05, 0) is 15.9 Å². The lowest BCUT2D eigenvalue weighted by atomic mass is 10.7. The highest BCUT2D eigenvalue weighted by Gasteiger charge is 1.90. The molecule has 0 unspecified atom stereocenters. The molecule has 48 valence electrons. The van der Waals surface area contributed by atoms with Crippen molar-refractivity contribution in [1.29, 1.82) is 0 Å². The van der Waals surface area contributed by atoms with Gasteiger partial charge < -0.3 is 5.32 Å². The molecule has 9 heavy (non-hydrogen) atoms. The molecule has 0 aliphatic carbocycles. The van der Waals surface area contributed by atoms with Crippen molar-refractivity contribution in [3.63, 3.8) is 0 Å². The van der Waals surface area contributed by atoms with Gasteiger partial charge in [-0.3, -0.25) is 0 Å². The molecular weight excluding hydrogens is 182 g/mol. The number of rotatable bonds is 1. The predicted molar refractivity (Wildman–Crippen MR) is 36.7 cm³/mol. The minimum absolute atomic E-state index is 0.651. The van der Waals surface area contributed by atoms with Crippen LogP contribution in [0.15, 0.2) is 16.9 Å². The fourth-order valence-electron chi connectivity index (χ4n) is 0.428. The Bertz CT molecular complexity index is 184. The average molecular weight is 188 g/mol. The summed E-state index contributed by atoms with van der Waals surface area (Å²) >= 11 is 3.22. The molecule has 0 aliphatic rings. The molecule has 0 fully saturated rings. The number of hydrogen-bond donors (Lipinski definition) is 1. The molecular formula is C5H6BrN3. The zero-order valence-electron chi connectivity index (χ0n) is 4.71. The first-order valence-electron chi connectivity index (χ1n) is 2.43. The van der Waals surface area contributed by atoms with Crippen LogP contribution >= 0.6 is 15.9 Å². The summed E-state index contributed by atoms with van der Waals surface area (Å²) in [5, 5.41) is 1.60. The molecule has 0 spiro atoms. The highest BCUT2D eigenvalue weighted by atomic mass is 79.9. The van der Waals surface area contributed by atoms with Crippen molar-refractivity contribution in [3.8, 4) is 0 Å². The van der Waals surface area contributed by atoms with Gasteiger partial charge >= 0.3 is 0 Å². The number of hydrogen-bond acceptors (Lipinski definition) is 2. The topological polar surface area (TPSA) is 42.4 Å². The van der Waals surface area contributed by atoms with Crippen LogP contribution in [0.2, 0.25) is 0 Å². The number of nitrogens with zero attached hydrogens (tertiary/aromatic N) is 2. The zero-order chi connectivity index (χ0) is 6.69. The molecule has 1 aromatic heterocycles. The van der Waals surface area contributed by atoms with Crippen molar-refractivity contribution < 1.29 is 5.32 Å². The van der Waals surface area contributed by atoms with E-state index in [0.717, 1.165) is 4.47 Å². The summed E-state index contributed by atoms with van der Waals surface area (Å²) in [6, 6.07) is 0. The summed E-state index contributed by atoms with van der Waals surface area (Å²) in [4.78, 5) is 7.84. The molecule has 1 rings (SSSR count). The molecule has 0 amide bonds. The van der Waals surface area contributed by atoms with Crippen molar-refractivity contribution >= 4 is 21.9 Å². The van der Waals surface area contributed by atoms with Crippen LogP contribution in [-0.2, 0) is 0 Å². The van der Waals surface area contributed by atoms with E-state index in [9.17, 15) is 0 Å². The molecule has 3 nitrogen and oxygen atoms in total. The summed E-state index contributed by atoms with van der Waals surface area (Å²) in [6.07, 6.45) is 3.37.